The van der Waals surface area contributed by atoms with E-state index < -0.39 is 17.8 Å². The summed E-state index contributed by atoms with van der Waals surface area (Å²) in [6, 6.07) is 5.14. The topological polar surface area (TPSA) is 41.1 Å². The second kappa shape index (κ2) is 6.47. The summed E-state index contributed by atoms with van der Waals surface area (Å²) in [5.74, 6) is -0.159. The SMILES string of the molecule is CC(NC(=O)CCNC1CC1)c1cccc(C(F)(F)F)c1. The molecule has 1 aliphatic carbocycles. The molecule has 1 unspecified atom stereocenters. The molecule has 116 valence electrons. The molecule has 0 aliphatic heterocycles. The summed E-state index contributed by atoms with van der Waals surface area (Å²) in [6.45, 7) is 2.29. The first-order valence-corrected chi connectivity index (χ1v) is 7.06. The van der Waals surface area contributed by atoms with E-state index in [1.807, 2.05) is 0 Å². The molecule has 2 rings (SSSR count). The van der Waals surface area contributed by atoms with Gasteiger partial charge in [-0.2, -0.15) is 13.2 Å². The Labute approximate surface area is 121 Å². The van der Waals surface area contributed by atoms with E-state index in [4.69, 9.17) is 0 Å². The van der Waals surface area contributed by atoms with Crippen LogP contribution in [0.25, 0.3) is 0 Å². The average molecular weight is 300 g/mol. The number of alkyl halides is 3. The third kappa shape index (κ3) is 5.04. The van der Waals surface area contributed by atoms with Crippen molar-refractivity contribution in [3.63, 3.8) is 0 Å². The second-order valence-corrected chi connectivity index (χ2v) is 5.39. The van der Waals surface area contributed by atoms with Crippen LogP contribution in [0.2, 0.25) is 0 Å². The van der Waals surface area contributed by atoms with Crippen molar-refractivity contribution in [1.82, 2.24) is 10.6 Å². The van der Waals surface area contributed by atoms with Gasteiger partial charge in [-0.05, 0) is 37.5 Å². The molecule has 2 N–H and O–H groups in total. The first kappa shape index (κ1) is 15.8. The van der Waals surface area contributed by atoms with Gasteiger partial charge in [0.2, 0.25) is 5.91 Å². The largest absolute Gasteiger partial charge is 0.416 e. The highest BCUT2D eigenvalue weighted by atomic mass is 19.4. The third-order valence-corrected chi connectivity index (χ3v) is 3.45. The van der Waals surface area contributed by atoms with Gasteiger partial charge in [0.25, 0.3) is 0 Å². The Morgan fingerprint density at radius 3 is 2.71 bits per heavy atom. The van der Waals surface area contributed by atoms with Crippen molar-refractivity contribution in [3.05, 3.63) is 35.4 Å². The van der Waals surface area contributed by atoms with Gasteiger partial charge in [-0.1, -0.05) is 12.1 Å². The monoisotopic (exact) mass is 300 g/mol. The van der Waals surface area contributed by atoms with Crippen molar-refractivity contribution in [2.45, 2.75) is 44.4 Å². The zero-order valence-electron chi connectivity index (χ0n) is 11.8. The Balaban J connectivity index is 1.86. The lowest BCUT2D eigenvalue weighted by Crippen LogP contribution is -2.30. The maximum absolute atomic E-state index is 12.6. The molecule has 0 bridgehead atoms. The summed E-state index contributed by atoms with van der Waals surface area (Å²) in [7, 11) is 0. The summed E-state index contributed by atoms with van der Waals surface area (Å²) in [5.41, 5.74) is -0.246. The fourth-order valence-corrected chi connectivity index (χ4v) is 2.06. The number of benzene rings is 1. The number of hydrogen-bond donors (Lipinski definition) is 2. The number of carbonyl (C=O) groups excluding carboxylic acids is 1. The highest BCUT2D eigenvalue weighted by Gasteiger charge is 2.30. The van der Waals surface area contributed by atoms with E-state index in [0.29, 0.717) is 24.6 Å². The van der Waals surface area contributed by atoms with Gasteiger partial charge in [0.1, 0.15) is 0 Å². The van der Waals surface area contributed by atoms with Crippen LogP contribution in [-0.4, -0.2) is 18.5 Å². The fourth-order valence-electron chi connectivity index (χ4n) is 2.06. The van der Waals surface area contributed by atoms with Crippen LogP contribution in [0, 0.1) is 0 Å². The Bertz CT molecular complexity index is 498. The molecule has 0 aromatic heterocycles. The second-order valence-electron chi connectivity index (χ2n) is 5.39. The Morgan fingerprint density at radius 1 is 1.38 bits per heavy atom. The molecule has 1 aromatic rings. The van der Waals surface area contributed by atoms with Crippen LogP contribution < -0.4 is 10.6 Å². The van der Waals surface area contributed by atoms with E-state index in [-0.39, 0.29) is 5.91 Å². The van der Waals surface area contributed by atoms with Crippen LogP contribution in [0.3, 0.4) is 0 Å². The lowest BCUT2D eigenvalue weighted by atomic mass is 10.0. The molecule has 0 spiro atoms. The standard InChI is InChI=1S/C15H19F3N2O/c1-10(20-14(21)7-8-19-13-5-6-13)11-3-2-4-12(9-11)15(16,17)18/h2-4,9-10,13,19H,5-8H2,1H3,(H,20,21). The normalized spacial score (nSPS) is 16.6. The van der Waals surface area contributed by atoms with E-state index in [1.54, 1.807) is 13.0 Å². The van der Waals surface area contributed by atoms with E-state index >= 15 is 0 Å². The van der Waals surface area contributed by atoms with Crippen molar-refractivity contribution >= 4 is 5.91 Å². The third-order valence-electron chi connectivity index (χ3n) is 3.45. The predicted octanol–water partition coefficient (Wildman–Crippen LogP) is 3.02. The molecule has 3 nitrogen and oxygen atoms in total. The van der Waals surface area contributed by atoms with Crippen LogP contribution in [0.15, 0.2) is 24.3 Å². The summed E-state index contributed by atoms with van der Waals surface area (Å²) in [4.78, 5) is 11.7. The zero-order valence-corrected chi connectivity index (χ0v) is 11.8. The Hall–Kier alpha value is -1.56. The van der Waals surface area contributed by atoms with Crippen LogP contribution in [-0.2, 0) is 11.0 Å². The minimum atomic E-state index is -4.37. The van der Waals surface area contributed by atoms with Crippen molar-refractivity contribution in [2.75, 3.05) is 6.54 Å². The molecule has 1 aliphatic rings. The molecule has 1 fully saturated rings. The van der Waals surface area contributed by atoms with Gasteiger partial charge >= 0.3 is 6.18 Å². The van der Waals surface area contributed by atoms with Crippen LogP contribution in [0.4, 0.5) is 13.2 Å². The van der Waals surface area contributed by atoms with Gasteiger partial charge in [0.15, 0.2) is 0 Å². The van der Waals surface area contributed by atoms with Crippen molar-refractivity contribution in [1.29, 1.82) is 0 Å². The minimum absolute atomic E-state index is 0.159. The van der Waals surface area contributed by atoms with Gasteiger partial charge in [-0.15, -0.1) is 0 Å². The Kier molecular flexibility index (Phi) is 4.88. The summed E-state index contributed by atoms with van der Waals surface area (Å²) in [5, 5.41) is 5.94. The molecule has 21 heavy (non-hydrogen) atoms. The molecule has 1 aromatic carbocycles. The van der Waals surface area contributed by atoms with Crippen LogP contribution >= 0.6 is 0 Å². The predicted molar refractivity (Wildman–Crippen MR) is 73.6 cm³/mol. The molecule has 0 radical (unpaired) electrons. The molecule has 1 amide bonds. The maximum atomic E-state index is 12.6. The summed E-state index contributed by atoms with van der Waals surface area (Å²) >= 11 is 0. The first-order valence-electron chi connectivity index (χ1n) is 7.06. The maximum Gasteiger partial charge on any atom is 0.416 e. The number of hydrogen-bond acceptors (Lipinski definition) is 2. The Morgan fingerprint density at radius 2 is 2.10 bits per heavy atom. The first-order chi connectivity index (χ1) is 9.86. The van der Waals surface area contributed by atoms with Gasteiger partial charge in [0, 0.05) is 19.0 Å². The van der Waals surface area contributed by atoms with Gasteiger partial charge < -0.3 is 10.6 Å². The van der Waals surface area contributed by atoms with Gasteiger partial charge in [0.05, 0.1) is 11.6 Å². The zero-order chi connectivity index (χ0) is 15.5. The van der Waals surface area contributed by atoms with Gasteiger partial charge in [-0.3, -0.25) is 4.79 Å². The summed E-state index contributed by atoms with van der Waals surface area (Å²) in [6.07, 6.45) is -1.72. The van der Waals surface area contributed by atoms with E-state index in [2.05, 4.69) is 10.6 Å². The van der Waals surface area contributed by atoms with E-state index in [0.717, 1.165) is 25.0 Å². The molecular weight excluding hydrogens is 281 g/mol. The molecule has 1 atom stereocenters. The number of rotatable bonds is 6. The average Bonchev–Trinajstić information content (AvgIpc) is 3.22. The van der Waals surface area contributed by atoms with Crippen molar-refractivity contribution in [3.8, 4) is 0 Å². The highest BCUT2D eigenvalue weighted by molar-refractivity contribution is 5.76. The molecule has 0 heterocycles. The lowest BCUT2D eigenvalue weighted by molar-refractivity contribution is -0.137. The number of nitrogens with one attached hydrogen (secondary N) is 2. The van der Waals surface area contributed by atoms with Crippen molar-refractivity contribution < 1.29 is 18.0 Å². The lowest BCUT2D eigenvalue weighted by Gasteiger charge is -2.16. The molecular formula is C15H19F3N2O. The van der Waals surface area contributed by atoms with Gasteiger partial charge in [-0.25, -0.2) is 0 Å². The quantitative estimate of drug-likeness (QED) is 0.848. The van der Waals surface area contributed by atoms with E-state index in [1.165, 1.54) is 6.07 Å². The molecule has 1 saturated carbocycles. The summed E-state index contributed by atoms with van der Waals surface area (Å²) < 4.78 is 37.9. The van der Waals surface area contributed by atoms with E-state index in [9.17, 15) is 18.0 Å². The highest BCUT2D eigenvalue weighted by Crippen LogP contribution is 2.30. The fraction of sp³-hybridized carbons (Fsp3) is 0.533. The van der Waals surface area contributed by atoms with Crippen LogP contribution in [0.1, 0.15) is 43.4 Å². The van der Waals surface area contributed by atoms with Crippen LogP contribution in [0.5, 0.6) is 0 Å². The smallest absolute Gasteiger partial charge is 0.350 e. The molecule has 0 saturated heterocycles. The number of amides is 1. The van der Waals surface area contributed by atoms with Crippen molar-refractivity contribution in [2.24, 2.45) is 0 Å². The molecule has 6 heteroatoms. The minimum Gasteiger partial charge on any atom is -0.350 e. The number of halogens is 3. The number of carbonyl (C=O) groups is 1.